The summed E-state index contributed by atoms with van der Waals surface area (Å²) in [5.41, 5.74) is 2.16. The zero-order chi connectivity index (χ0) is 19.1. The van der Waals surface area contributed by atoms with Crippen molar-refractivity contribution in [1.29, 1.82) is 0 Å². The molecule has 7 heteroatoms. The molecule has 1 aromatic heterocycles. The maximum absolute atomic E-state index is 12.5. The first-order valence-electron chi connectivity index (χ1n) is 9.27. The highest BCUT2D eigenvalue weighted by molar-refractivity contribution is 5.92. The second kappa shape index (κ2) is 9.32. The zero-order valence-corrected chi connectivity index (χ0v) is 15.8. The number of aryl methyl sites for hydroxylation is 1. The number of hydrogen-bond acceptors (Lipinski definition) is 6. The summed E-state index contributed by atoms with van der Waals surface area (Å²) in [6.45, 7) is 3.81. The highest BCUT2D eigenvalue weighted by Crippen LogP contribution is 2.17. The molecule has 0 saturated carbocycles. The molecule has 0 spiro atoms. The summed E-state index contributed by atoms with van der Waals surface area (Å²) in [6.07, 6.45) is 2.99. The van der Waals surface area contributed by atoms with Crippen LogP contribution >= 0.6 is 0 Å². The number of amides is 1. The number of carbonyl (C=O) groups is 1. The van der Waals surface area contributed by atoms with Crippen molar-refractivity contribution in [2.75, 3.05) is 32.1 Å². The van der Waals surface area contributed by atoms with Gasteiger partial charge in [0, 0.05) is 25.4 Å². The number of methoxy groups -OCH3 is 1. The average molecular weight is 370 g/mol. The number of nitrogens with zero attached hydrogens (tertiary/aromatic N) is 2. The number of rotatable bonds is 8. The smallest absolute Gasteiger partial charge is 0.270 e. The number of ether oxygens (including phenoxy) is 2. The fourth-order valence-corrected chi connectivity index (χ4v) is 3.09. The van der Waals surface area contributed by atoms with Crippen LogP contribution < -0.4 is 15.4 Å². The highest BCUT2D eigenvalue weighted by Gasteiger charge is 2.16. The molecule has 1 fully saturated rings. The lowest BCUT2D eigenvalue weighted by Gasteiger charge is -2.12. The normalized spacial score (nSPS) is 16.1. The largest absolute Gasteiger partial charge is 0.496 e. The van der Waals surface area contributed by atoms with E-state index in [0.717, 1.165) is 36.5 Å². The van der Waals surface area contributed by atoms with Crippen molar-refractivity contribution >= 4 is 11.9 Å². The van der Waals surface area contributed by atoms with E-state index in [-0.39, 0.29) is 12.0 Å². The first-order chi connectivity index (χ1) is 13.2. The van der Waals surface area contributed by atoms with E-state index in [9.17, 15) is 4.79 Å². The van der Waals surface area contributed by atoms with Gasteiger partial charge in [-0.25, -0.2) is 9.97 Å². The molecule has 0 bridgehead atoms. The van der Waals surface area contributed by atoms with Crippen molar-refractivity contribution in [3.05, 3.63) is 47.3 Å². The Labute approximate surface area is 159 Å². The molecule has 1 saturated heterocycles. The van der Waals surface area contributed by atoms with Gasteiger partial charge < -0.3 is 20.1 Å². The lowest BCUT2D eigenvalue weighted by Crippen LogP contribution is -2.27. The summed E-state index contributed by atoms with van der Waals surface area (Å²) >= 11 is 0. The summed E-state index contributed by atoms with van der Waals surface area (Å²) in [5.74, 6) is 1.07. The van der Waals surface area contributed by atoms with Gasteiger partial charge in [-0.1, -0.05) is 18.2 Å². The van der Waals surface area contributed by atoms with Gasteiger partial charge in [-0.15, -0.1) is 0 Å². The number of benzene rings is 1. The van der Waals surface area contributed by atoms with E-state index in [1.54, 1.807) is 13.2 Å². The van der Waals surface area contributed by atoms with Gasteiger partial charge in [-0.05, 0) is 43.9 Å². The second-order valence-corrected chi connectivity index (χ2v) is 6.55. The van der Waals surface area contributed by atoms with Crippen molar-refractivity contribution in [1.82, 2.24) is 15.3 Å². The molecule has 1 unspecified atom stereocenters. The highest BCUT2D eigenvalue weighted by atomic mass is 16.5. The van der Waals surface area contributed by atoms with E-state index in [4.69, 9.17) is 9.47 Å². The topological polar surface area (TPSA) is 85.4 Å². The Morgan fingerprint density at radius 2 is 2.19 bits per heavy atom. The predicted molar refractivity (Wildman–Crippen MR) is 103 cm³/mol. The minimum absolute atomic E-state index is 0.187. The fourth-order valence-electron chi connectivity index (χ4n) is 3.09. The van der Waals surface area contributed by atoms with Crippen LogP contribution in [0.25, 0.3) is 0 Å². The van der Waals surface area contributed by atoms with E-state index in [1.165, 1.54) is 0 Å². The van der Waals surface area contributed by atoms with Crippen LogP contribution in [-0.4, -0.2) is 48.8 Å². The summed E-state index contributed by atoms with van der Waals surface area (Å²) in [7, 11) is 1.65. The Morgan fingerprint density at radius 3 is 2.96 bits per heavy atom. The molecule has 0 radical (unpaired) electrons. The van der Waals surface area contributed by atoms with Gasteiger partial charge in [0.15, 0.2) is 0 Å². The van der Waals surface area contributed by atoms with Gasteiger partial charge in [-0.3, -0.25) is 4.79 Å². The molecule has 7 nitrogen and oxygen atoms in total. The molecule has 2 N–H and O–H groups in total. The van der Waals surface area contributed by atoms with Gasteiger partial charge in [0.1, 0.15) is 11.4 Å². The van der Waals surface area contributed by atoms with E-state index in [2.05, 4.69) is 20.6 Å². The Kier molecular flexibility index (Phi) is 6.59. The molecule has 1 aromatic carbocycles. The lowest BCUT2D eigenvalue weighted by molar-refractivity contribution is 0.0949. The maximum atomic E-state index is 12.5. The summed E-state index contributed by atoms with van der Waals surface area (Å²) < 4.78 is 10.9. The fraction of sp³-hybridized carbons (Fsp3) is 0.450. The number of hydrogen-bond donors (Lipinski definition) is 2. The Bertz CT molecular complexity index is 776. The van der Waals surface area contributed by atoms with Crippen LogP contribution in [-0.2, 0) is 11.2 Å². The number of nitrogens with one attached hydrogen (secondary N) is 2. The minimum Gasteiger partial charge on any atom is -0.496 e. The van der Waals surface area contributed by atoms with Gasteiger partial charge in [0.2, 0.25) is 5.95 Å². The van der Waals surface area contributed by atoms with Crippen molar-refractivity contribution in [2.45, 2.75) is 32.3 Å². The third-order valence-corrected chi connectivity index (χ3v) is 4.47. The Morgan fingerprint density at radius 1 is 1.33 bits per heavy atom. The third-order valence-electron chi connectivity index (χ3n) is 4.47. The Hall–Kier alpha value is -2.67. The maximum Gasteiger partial charge on any atom is 0.270 e. The first-order valence-corrected chi connectivity index (χ1v) is 9.27. The summed E-state index contributed by atoms with van der Waals surface area (Å²) in [5, 5.41) is 6.09. The van der Waals surface area contributed by atoms with Crippen molar-refractivity contribution in [3.63, 3.8) is 0 Å². The van der Waals surface area contributed by atoms with Crippen molar-refractivity contribution < 1.29 is 14.3 Å². The molecule has 27 heavy (non-hydrogen) atoms. The molecular weight excluding hydrogens is 344 g/mol. The van der Waals surface area contributed by atoms with Crippen LogP contribution in [0.15, 0.2) is 30.3 Å². The van der Waals surface area contributed by atoms with Crippen LogP contribution in [0.2, 0.25) is 0 Å². The molecule has 1 aliphatic heterocycles. The summed E-state index contributed by atoms with van der Waals surface area (Å²) in [4.78, 5) is 21.2. The van der Waals surface area contributed by atoms with E-state index < -0.39 is 0 Å². The van der Waals surface area contributed by atoms with Crippen molar-refractivity contribution in [2.24, 2.45) is 0 Å². The van der Waals surface area contributed by atoms with Crippen LogP contribution in [0, 0.1) is 6.92 Å². The molecule has 1 aliphatic rings. The van der Waals surface area contributed by atoms with Crippen molar-refractivity contribution in [3.8, 4) is 5.75 Å². The zero-order valence-electron chi connectivity index (χ0n) is 15.8. The SMILES string of the molecule is COc1ccccc1CCNC(=O)c1cc(C)nc(NCC2CCCO2)n1. The lowest BCUT2D eigenvalue weighted by atomic mass is 10.1. The standard InChI is InChI=1S/C20H26N4O3/c1-14-12-17(24-20(23-14)22-13-16-7-5-11-27-16)19(25)21-10-9-15-6-3-4-8-18(15)26-2/h3-4,6,8,12,16H,5,7,9-11,13H2,1-2H3,(H,21,25)(H,22,23,24). The van der Waals surface area contributed by atoms with E-state index in [1.807, 2.05) is 31.2 Å². The van der Waals surface area contributed by atoms with Crippen LogP contribution in [0.1, 0.15) is 34.6 Å². The third kappa shape index (κ3) is 5.40. The average Bonchev–Trinajstić information content (AvgIpc) is 3.20. The number of anilines is 1. The van der Waals surface area contributed by atoms with Crippen LogP contribution in [0.4, 0.5) is 5.95 Å². The number of carbonyl (C=O) groups excluding carboxylic acids is 1. The predicted octanol–water partition coefficient (Wildman–Crippen LogP) is 2.36. The van der Waals surface area contributed by atoms with Crippen LogP contribution in [0.5, 0.6) is 5.75 Å². The summed E-state index contributed by atoms with van der Waals surface area (Å²) in [6, 6.07) is 9.48. The molecule has 3 rings (SSSR count). The Balaban J connectivity index is 1.55. The van der Waals surface area contributed by atoms with Gasteiger partial charge in [-0.2, -0.15) is 0 Å². The molecule has 2 heterocycles. The molecule has 1 amide bonds. The molecular formula is C20H26N4O3. The minimum atomic E-state index is -0.212. The number of aromatic nitrogens is 2. The quantitative estimate of drug-likeness (QED) is 0.742. The number of para-hydroxylation sites is 1. The second-order valence-electron chi connectivity index (χ2n) is 6.55. The molecule has 144 valence electrons. The first kappa shape index (κ1) is 19.1. The molecule has 1 atom stereocenters. The monoisotopic (exact) mass is 370 g/mol. The van der Waals surface area contributed by atoms with E-state index >= 15 is 0 Å². The van der Waals surface area contributed by atoms with Crippen LogP contribution in [0.3, 0.4) is 0 Å². The molecule has 2 aromatic rings. The van der Waals surface area contributed by atoms with Gasteiger partial charge in [0.25, 0.3) is 5.91 Å². The van der Waals surface area contributed by atoms with Gasteiger partial charge >= 0.3 is 0 Å². The van der Waals surface area contributed by atoms with E-state index in [0.29, 0.717) is 31.2 Å². The molecule has 0 aliphatic carbocycles. The van der Waals surface area contributed by atoms with Gasteiger partial charge in [0.05, 0.1) is 13.2 Å².